The van der Waals surface area contributed by atoms with Crippen molar-refractivity contribution in [2.75, 3.05) is 0 Å². The van der Waals surface area contributed by atoms with Crippen LogP contribution in [0.1, 0.15) is 6.42 Å². The Balaban J connectivity index is 0. The first-order valence-corrected chi connectivity index (χ1v) is 1.72. The molecule has 0 aromatic rings. The molecule has 0 N–H and O–H groups in total. The summed E-state index contributed by atoms with van der Waals surface area (Å²) in [6.07, 6.45) is 10.0. The van der Waals surface area contributed by atoms with Crippen molar-refractivity contribution >= 4 is 0 Å². The Kier molecular flexibility index (Phi) is 8.58. The van der Waals surface area contributed by atoms with Gasteiger partial charge < -0.3 is 7.43 Å². The topological polar surface area (TPSA) is 0 Å². The molecule has 0 aromatic heterocycles. The summed E-state index contributed by atoms with van der Waals surface area (Å²) >= 11 is 0. The maximum absolute atomic E-state index is 2.99. The smallest absolute Gasteiger partial charge is 0.358 e. The van der Waals surface area contributed by atoms with Crippen LogP contribution >= 0.6 is 0 Å². The van der Waals surface area contributed by atoms with Crippen LogP contribution in [0.4, 0.5) is 0 Å². The zero-order valence-corrected chi connectivity index (χ0v) is 5.24. The quantitative estimate of drug-likeness (QED) is 0.354. The van der Waals surface area contributed by atoms with Gasteiger partial charge in [-0.3, -0.25) is 6.08 Å². The molecule has 0 spiro atoms. The molecule has 0 fully saturated rings. The summed E-state index contributed by atoms with van der Waals surface area (Å²) in [7, 11) is 0. The van der Waals surface area contributed by atoms with Gasteiger partial charge in [0.25, 0.3) is 0 Å². The third-order valence-corrected chi connectivity index (χ3v) is 0.586. The van der Waals surface area contributed by atoms with Gasteiger partial charge in [0.05, 0.1) is 0 Å². The first-order valence-electron chi connectivity index (χ1n) is 1.72. The molecule has 1 aliphatic carbocycles. The Morgan fingerprint density at radius 1 is 1.43 bits per heavy atom. The maximum Gasteiger partial charge on any atom is 2.00 e. The van der Waals surface area contributed by atoms with Crippen LogP contribution < -0.4 is 0 Å². The van der Waals surface area contributed by atoms with Gasteiger partial charge in [0.1, 0.15) is 0 Å². The van der Waals surface area contributed by atoms with Gasteiger partial charge >= 0.3 is 16.5 Å². The van der Waals surface area contributed by atoms with Crippen LogP contribution in [-0.2, 0) is 16.5 Å². The monoisotopic (exact) mass is 138 g/mol. The zero-order chi connectivity index (χ0) is 3.54. The second-order valence-corrected chi connectivity index (χ2v) is 1.00. The molecule has 7 heavy (non-hydrogen) atoms. The van der Waals surface area contributed by atoms with Crippen molar-refractivity contribution in [1.29, 1.82) is 0 Å². The van der Waals surface area contributed by atoms with Crippen LogP contribution in [0.15, 0.2) is 18.2 Å². The molecule has 0 heterocycles. The molecule has 0 radical (unpaired) electrons. The van der Waals surface area contributed by atoms with Gasteiger partial charge in [-0.2, -0.15) is 6.08 Å². The van der Waals surface area contributed by atoms with Gasteiger partial charge in [0.2, 0.25) is 0 Å². The number of allylic oxidation sites excluding steroid dienone is 4. The normalized spacial score (nSPS) is 12.6. The minimum Gasteiger partial charge on any atom is -0.358 e. The summed E-state index contributed by atoms with van der Waals surface area (Å²) < 4.78 is 0. The molecule has 0 saturated carbocycles. The third kappa shape index (κ3) is 3.81. The Morgan fingerprint density at radius 3 is 2.29 bits per heavy atom. The van der Waals surface area contributed by atoms with Crippen LogP contribution in [-0.4, -0.2) is 0 Å². The molecular formula is C6H8Ni. The molecule has 0 atom stereocenters. The molecule has 1 aliphatic rings. The van der Waals surface area contributed by atoms with E-state index in [9.17, 15) is 0 Å². The number of rotatable bonds is 0. The maximum atomic E-state index is 2.99. The van der Waals surface area contributed by atoms with E-state index in [-0.39, 0.29) is 23.9 Å². The molecule has 0 nitrogen and oxygen atoms in total. The van der Waals surface area contributed by atoms with Gasteiger partial charge in [0.15, 0.2) is 0 Å². The van der Waals surface area contributed by atoms with E-state index >= 15 is 0 Å². The molecule has 1 rings (SSSR count). The predicted octanol–water partition coefficient (Wildman–Crippen LogP) is 1.75. The molecule has 0 saturated heterocycles. The molecule has 0 unspecified atom stereocenters. The summed E-state index contributed by atoms with van der Waals surface area (Å²) in [5.41, 5.74) is 0. The summed E-state index contributed by atoms with van der Waals surface area (Å²) in [5.74, 6) is 0. The second-order valence-electron chi connectivity index (χ2n) is 1.00. The van der Waals surface area contributed by atoms with Gasteiger partial charge in [-0.15, -0.1) is 6.42 Å². The van der Waals surface area contributed by atoms with E-state index in [0.29, 0.717) is 0 Å². The van der Waals surface area contributed by atoms with Crippen LogP contribution in [0.5, 0.6) is 0 Å². The van der Waals surface area contributed by atoms with E-state index in [4.69, 9.17) is 0 Å². The fourth-order valence-electron chi connectivity index (χ4n) is 0.340. The van der Waals surface area contributed by atoms with Gasteiger partial charge in [-0.25, -0.2) is 12.2 Å². The first kappa shape index (κ1) is 10.1. The van der Waals surface area contributed by atoms with Crippen molar-refractivity contribution in [2.24, 2.45) is 0 Å². The van der Waals surface area contributed by atoms with Crippen molar-refractivity contribution in [1.82, 2.24) is 0 Å². The summed E-state index contributed by atoms with van der Waals surface area (Å²) in [4.78, 5) is 0. The standard InChI is InChI=1S/C5H5.CH3.Ni/c1-2-4-5-3-1;;/h1-3H,4H2;1H3;/q2*-1;+2. The summed E-state index contributed by atoms with van der Waals surface area (Å²) in [6, 6.07) is 0. The van der Waals surface area contributed by atoms with E-state index in [1.165, 1.54) is 0 Å². The van der Waals surface area contributed by atoms with Gasteiger partial charge in [-0.05, 0) is 0 Å². The SMILES string of the molecule is [C-]1=CC=CC1.[CH3-].[Ni+2]. The van der Waals surface area contributed by atoms with Gasteiger partial charge in [0, 0.05) is 0 Å². The number of hydrogen-bond donors (Lipinski definition) is 0. The Bertz CT molecular complexity index is 62.2. The Morgan fingerprint density at radius 2 is 2.14 bits per heavy atom. The molecular weight excluding hydrogens is 131 g/mol. The van der Waals surface area contributed by atoms with E-state index in [1.807, 2.05) is 12.2 Å². The Labute approximate surface area is 55.2 Å². The van der Waals surface area contributed by atoms with Crippen molar-refractivity contribution in [3.63, 3.8) is 0 Å². The molecule has 1 heteroatoms. The molecule has 0 aromatic carbocycles. The van der Waals surface area contributed by atoms with Crippen molar-refractivity contribution < 1.29 is 16.5 Å². The first-order chi connectivity index (χ1) is 2.50. The largest absolute Gasteiger partial charge is 2.00 e. The van der Waals surface area contributed by atoms with Crippen LogP contribution in [0.2, 0.25) is 0 Å². The van der Waals surface area contributed by atoms with Crippen LogP contribution in [0, 0.1) is 13.5 Å². The van der Waals surface area contributed by atoms with E-state index < -0.39 is 0 Å². The van der Waals surface area contributed by atoms with E-state index in [0.717, 1.165) is 6.42 Å². The summed E-state index contributed by atoms with van der Waals surface area (Å²) in [6.45, 7) is 0. The minimum absolute atomic E-state index is 0. The predicted molar refractivity (Wildman–Crippen MR) is 28.0 cm³/mol. The van der Waals surface area contributed by atoms with Crippen molar-refractivity contribution in [2.45, 2.75) is 6.42 Å². The number of hydrogen-bond acceptors (Lipinski definition) is 0. The van der Waals surface area contributed by atoms with Crippen LogP contribution in [0.3, 0.4) is 0 Å². The summed E-state index contributed by atoms with van der Waals surface area (Å²) in [5, 5.41) is 0. The Hall–Kier alpha value is -0.0265. The third-order valence-electron chi connectivity index (χ3n) is 0.586. The minimum atomic E-state index is 0. The van der Waals surface area contributed by atoms with Crippen molar-refractivity contribution in [3.8, 4) is 0 Å². The zero-order valence-electron chi connectivity index (χ0n) is 4.26. The average molecular weight is 139 g/mol. The van der Waals surface area contributed by atoms with Crippen LogP contribution in [0.25, 0.3) is 0 Å². The molecule has 0 bridgehead atoms. The molecule has 42 valence electrons. The average Bonchev–Trinajstić information content (AvgIpc) is 1.76. The van der Waals surface area contributed by atoms with Crippen molar-refractivity contribution in [3.05, 3.63) is 31.7 Å². The fourth-order valence-corrected chi connectivity index (χ4v) is 0.340. The second kappa shape index (κ2) is 5.97. The fraction of sp³-hybridized carbons (Fsp3) is 0.167. The molecule has 0 aliphatic heterocycles. The van der Waals surface area contributed by atoms with Gasteiger partial charge in [-0.1, -0.05) is 0 Å². The van der Waals surface area contributed by atoms with E-state index in [1.54, 1.807) is 0 Å². The molecule has 0 amide bonds. The van der Waals surface area contributed by atoms with E-state index in [2.05, 4.69) is 12.2 Å².